The smallest absolute Gasteiger partial charge is 0.335 e. The molecule has 4 rings (SSSR count). The first-order valence-corrected chi connectivity index (χ1v) is 9.56. The van der Waals surface area contributed by atoms with Gasteiger partial charge in [0.05, 0.1) is 21.2 Å². The van der Waals surface area contributed by atoms with E-state index in [2.05, 4.69) is 0 Å². The molecule has 1 N–H and O–H groups in total. The summed E-state index contributed by atoms with van der Waals surface area (Å²) in [6.45, 7) is 0.934. The molecule has 0 aliphatic carbocycles. The number of benzene rings is 2. The van der Waals surface area contributed by atoms with E-state index in [1.54, 1.807) is 0 Å². The van der Waals surface area contributed by atoms with Crippen LogP contribution in [0.4, 0.5) is 0 Å². The number of fused-ring (bicyclic) bond motifs is 2. The van der Waals surface area contributed by atoms with Gasteiger partial charge in [0.1, 0.15) is 11.2 Å². The van der Waals surface area contributed by atoms with Crippen molar-refractivity contribution in [2.45, 2.75) is 17.7 Å². The zero-order chi connectivity index (χ0) is 18.5. The molecule has 0 amide bonds. The second-order valence-electron chi connectivity index (χ2n) is 6.22. The molecular formula is C18H15NO6S. The number of hydrogen-bond donors (Lipinski definition) is 1. The van der Waals surface area contributed by atoms with E-state index in [1.807, 2.05) is 0 Å². The van der Waals surface area contributed by atoms with Crippen LogP contribution in [-0.2, 0) is 10.0 Å². The number of hydrogen-bond acceptors (Lipinski definition) is 5. The van der Waals surface area contributed by atoms with Gasteiger partial charge in [-0.05, 0) is 49.2 Å². The minimum absolute atomic E-state index is 0.0351. The van der Waals surface area contributed by atoms with E-state index < -0.39 is 21.4 Å². The van der Waals surface area contributed by atoms with Gasteiger partial charge in [-0.1, -0.05) is 0 Å². The number of aromatic carboxylic acids is 1. The van der Waals surface area contributed by atoms with Crippen molar-refractivity contribution in [3.63, 3.8) is 0 Å². The Morgan fingerprint density at radius 2 is 1.62 bits per heavy atom. The van der Waals surface area contributed by atoms with Gasteiger partial charge in [-0.25, -0.2) is 13.2 Å². The first-order chi connectivity index (χ1) is 12.4. The average Bonchev–Trinajstić information content (AvgIpc) is 3.17. The molecular weight excluding hydrogens is 358 g/mol. The lowest BCUT2D eigenvalue weighted by molar-refractivity contribution is 0.0697. The normalized spacial score (nSPS) is 15.7. The van der Waals surface area contributed by atoms with Gasteiger partial charge in [0.25, 0.3) is 0 Å². The van der Waals surface area contributed by atoms with Crippen LogP contribution in [0.15, 0.2) is 50.5 Å². The second kappa shape index (κ2) is 5.93. The fourth-order valence-corrected chi connectivity index (χ4v) is 4.75. The summed E-state index contributed by atoms with van der Waals surface area (Å²) < 4.78 is 32.5. The number of rotatable bonds is 3. The molecule has 134 valence electrons. The van der Waals surface area contributed by atoms with E-state index in [0.29, 0.717) is 13.1 Å². The molecule has 7 nitrogen and oxygen atoms in total. The third kappa shape index (κ3) is 2.58. The van der Waals surface area contributed by atoms with Gasteiger partial charge in [0.2, 0.25) is 15.5 Å². The quantitative estimate of drug-likeness (QED) is 0.707. The van der Waals surface area contributed by atoms with E-state index in [9.17, 15) is 18.0 Å². The molecule has 3 aromatic rings. The van der Waals surface area contributed by atoms with Gasteiger partial charge in [0.15, 0.2) is 0 Å². The van der Waals surface area contributed by atoms with Crippen molar-refractivity contribution in [3.05, 3.63) is 52.2 Å². The van der Waals surface area contributed by atoms with Crippen molar-refractivity contribution < 1.29 is 22.7 Å². The van der Waals surface area contributed by atoms with Crippen LogP contribution in [0.25, 0.3) is 21.9 Å². The predicted octanol–water partition coefficient (Wildman–Crippen LogP) is 2.43. The first-order valence-electron chi connectivity index (χ1n) is 8.12. The molecule has 2 heterocycles. The molecule has 1 fully saturated rings. The molecule has 1 aliphatic heterocycles. The third-order valence-electron chi connectivity index (χ3n) is 4.59. The molecule has 1 aromatic heterocycles. The zero-order valence-corrected chi connectivity index (χ0v) is 14.5. The SMILES string of the molecule is O=C(O)c1ccc2oc3ccc(S(=O)(=O)N4CCCC4)cc3c(=O)c2c1. The molecule has 0 radical (unpaired) electrons. The molecule has 1 aliphatic rings. The van der Waals surface area contributed by atoms with Crippen LogP contribution < -0.4 is 5.43 Å². The molecule has 1 saturated heterocycles. The summed E-state index contributed by atoms with van der Waals surface area (Å²) in [5.41, 5.74) is 0.0152. The standard InChI is InChI=1S/C18H15NO6S/c20-17-13-9-11(18(21)22)3-5-15(13)25-16-6-4-12(10-14(16)17)26(23,24)19-7-1-2-8-19/h3-6,9-10H,1-2,7-8H2,(H,21,22). The summed E-state index contributed by atoms with van der Waals surface area (Å²) >= 11 is 0. The van der Waals surface area contributed by atoms with E-state index >= 15 is 0 Å². The van der Waals surface area contributed by atoms with Gasteiger partial charge >= 0.3 is 5.97 Å². The minimum Gasteiger partial charge on any atom is -0.478 e. The molecule has 0 bridgehead atoms. The highest BCUT2D eigenvalue weighted by Gasteiger charge is 2.27. The monoisotopic (exact) mass is 373 g/mol. The van der Waals surface area contributed by atoms with E-state index in [4.69, 9.17) is 9.52 Å². The minimum atomic E-state index is -3.66. The Hall–Kier alpha value is -2.71. The van der Waals surface area contributed by atoms with Crippen molar-refractivity contribution >= 4 is 37.9 Å². The Kier molecular flexibility index (Phi) is 3.82. The summed E-state index contributed by atoms with van der Waals surface area (Å²) in [5.74, 6) is -1.16. The number of carbonyl (C=O) groups is 1. The molecule has 0 atom stereocenters. The average molecular weight is 373 g/mol. The van der Waals surface area contributed by atoms with Crippen molar-refractivity contribution in [2.24, 2.45) is 0 Å². The Balaban J connectivity index is 1.95. The Labute approximate surface area is 148 Å². The summed E-state index contributed by atoms with van der Waals surface area (Å²) in [4.78, 5) is 24.0. The summed E-state index contributed by atoms with van der Waals surface area (Å²) in [6.07, 6.45) is 1.63. The van der Waals surface area contributed by atoms with Gasteiger partial charge in [0, 0.05) is 13.1 Å². The molecule has 26 heavy (non-hydrogen) atoms. The lowest BCUT2D eigenvalue weighted by Gasteiger charge is -2.15. The number of sulfonamides is 1. The fraction of sp³-hybridized carbons (Fsp3) is 0.222. The van der Waals surface area contributed by atoms with E-state index in [1.165, 1.54) is 40.7 Å². The topological polar surface area (TPSA) is 105 Å². The highest BCUT2D eigenvalue weighted by Crippen LogP contribution is 2.25. The van der Waals surface area contributed by atoms with Gasteiger partial charge in [-0.2, -0.15) is 4.31 Å². The first kappa shape index (κ1) is 16.7. The van der Waals surface area contributed by atoms with Crippen molar-refractivity contribution in [2.75, 3.05) is 13.1 Å². The fourth-order valence-electron chi connectivity index (χ4n) is 3.21. The molecule has 0 spiro atoms. The molecule has 8 heteroatoms. The largest absolute Gasteiger partial charge is 0.478 e. The lowest BCUT2D eigenvalue weighted by Crippen LogP contribution is -2.27. The maximum atomic E-state index is 12.8. The van der Waals surface area contributed by atoms with Crippen LogP contribution in [0.1, 0.15) is 23.2 Å². The number of carboxylic acids is 1. The van der Waals surface area contributed by atoms with Crippen LogP contribution in [0.3, 0.4) is 0 Å². The van der Waals surface area contributed by atoms with Crippen LogP contribution in [0, 0.1) is 0 Å². The van der Waals surface area contributed by atoms with Crippen molar-refractivity contribution in [1.29, 1.82) is 0 Å². The zero-order valence-electron chi connectivity index (χ0n) is 13.6. The van der Waals surface area contributed by atoms with Crippen LogP contribution >= 0.6 is 0 Å². The van der Waals surface area contributed by atoms with Crippen molar-refractivity contribution in [3.8, 4) is 0 Å². The Bertz CT molecular complexity index is 1210. The van der Waals surface area contributed by atoms with Crippen LogP contribution in [0.5, 0.6) is 0 Å². The van der Waals surface area contributed by atoms with Gasteiger partial charge in [-0.3, -0.25) is 4.79 Å². The maximum absolute atomic E-state index is 12.8. The van der Waals surface area contributed by atoms with Gasteiger partial charge in [-0.15, -0.1) is 0 Å². The van der Waals surface area contributed by atoms with Crippen LogP contribution in [0.2, 0.25) is 0 Å². The number of nitrogens with zero attached hydrogens (tertiary/aromatic N) is 1. The summed E-state index contributed by atoms with van der Waals surface area (Å²) in [7, 11) is -3.66. The molecule has 0 unspecified atom stereocenters. The van der Waals surface area contributed by atoms with E-state index in [0.717, 1.165) is 12.8 Å². The Morgan fingerprint density at radius 3 is 2.27 bits per heavy atom. The van der Waals surface area contributed by atoms with Crippen molar-refractivity contribution in [1.82, 2.24) is 4.31 Å². The Morgan fingerprint density at radius 1 is 1.00 bits per heavy atom. The number of carboxylic acid groups (broad SMARTS) is 1. The highest BCUT2D eigenvalue weighted by atomic mass is 32.2. The second-order valence-corrected chi connectivity index (χ2v) is 8.15. The maximum Gasteiger partial charge on any atom is 0.335 e. The van der Waals surface area contributed by atoms with E-state index in [-0.39, 0.29) is 32.4 Å². The highest BCUT2D eigenvalue weighted by molar-refractivity contribution is 7.89. The third-order valence-corrected chi connectivity index (χ3v) is 6.48. The summed E-state index contributed by atoms with van der Waals surface area (Å²) in [6, 6.07) is 8.22. The predicted molar refractivity (Wildman–Crippen MR) is 94.9 cm³/mol. The molecule has 0 saturated carbocycles. The summed E-state index contributed by atoms with van der Waals surface area (Å²) in [5, 5.41) is 9.32. The molecule has 2 aromatic carbocycles. The lowest BCUT2D eigenvalue weighted by atomic mass is 10.1. The van der Waals surface area contributed by atoms with Gasteiger partial charge < -0.3 is 9.52 Å². The van der Waals surface area contributed by atoms with Crippen LogP contribution in [-0.4, -0.2) is 36.9 Å².